The third-order valence-electron chi connectivity index (χ3n) is 1.73. The van der Waals surface area contributed by atoms with Gasteiger partial charge >= 0.3 is 0 Å². The van der Waals surface area contributed by atoms with Gasteiger partial charge in [0.1, 0.15) is 11.6 Å². The van der Waals surface area contributed by atoms with Gasteiger partial charge in [0, 0.05) is 0 Å². The number of benzene rings is 1. The number of aryl methyl sites for hydroxylation is 1. The second-order valence-corrected chi connectivity index (χ2v) is 2.76. The topological polar surface area (TPSA) is 26.0 Å². The Kier molecular flexibility index (Phi) is 1.85. The molecule has 0 aliphatic carbocycles. The molecule has 0 fully saturated rings. The molecule has 0 unspecified atom stereocenters. The van der Waals surface area contributed by atoms with Crippen LogP contribution in [0.5, 0.6) is 0 Å². The Morgan fingerprint density at radius 1 is 1.31 bits per heavy atom. The van der Waals surface area contributed by atoms with Crippen LogP contribution in [-0.2, 0) is 0 Å². The average Bonchev–Trinajstić information content (AvgIpc) is 2.53. The lowest BCUT2D eigenvalue weighted by atomic mass is 10.2. The summed E-state index contributed by atoms with van der Waals surface area (Å²) < 4.78 is 18.4. The predicted octanol–water partition coefficient (Wildman–Crippen LogP) is 2.79. The van der Waals surface area contributed by atoms with Crippen molar-refractivity contribution in [3.8, 4) is 11.5 Å². The van der Waals surface area contributed by atoms with Crippen molar-refractivity contribution in [2.45, 2.75) is 6.92 Å². The van der Waals surface area contributed by atoms with E-state index in [0.717, 1.165) is 0 Å². The number of oxazole rings is 1. The van der Waals surface area contributed by atoms with Crippen LogP contribution in [0.2, 0.25) is 0 Å². The maximum atomic E-state index is 13.2. The number of hydrogen-bond donors (Lipinski definition) is 0. The van der Waals surface area contributed by atoms with E-state index in [4.69, 9.17) is 4.42 Å². The van der Waals surface area contributed by atoms with Gasteiger partial charge in [-0.25, -0.2) is 9.37 Å². The van der Waals surface area contributed by atoms with Gasteiger partial charge in [-0.1, -0.05) is 12.1 Å². The molecule has 66 valence electrons. The minimum Gasteiger partial charge on any atom is -0.441 e. The summed E-state index contributed by atoms with van der Waals surface area (Å²) in [5.41, 5.74) is 0.399. The SMILES string of the molecule is Cc1cnc(-c2ccccc2F)o1. The first-order valence-electron chi connectivity index (χ1n) is 3.95. The lowest BCUT2D eigenvalue weighted by Gasteiger charge is -1.95. The zero-order chi connectivity index (χ0) is 9.26. The van der Waals surface area contributed by atoms with Crippen LogP contribution in [0.3, 0.4) is 0 Å². The molecule has 0 atom stereocenters. The van der Waals surface area contributed by atoms with Gasteiger partial charge in [0.2, 0.25) is 5.89 Å². The molecule has 1 heterocycles. The molecule has 2 aromatic rings. The highest BCUT2D eigenvalue weighted by Gasteiger charge is 2.08. The molecule has 0 aliphatic rings. The molecule has 2 rings (SSSR count). The van der Waals surface area contributed by atoms with E-state index in [2.05, 4.69) is 4.98 Å². The number of nitrogens with zero attached hydrogens (tertiary/aromatic N) is 1. The molecular formula is C10H8FNO. The van der Waals surface area contributed by atoms with E-state index in [0.29, 0.717) is 17.2 Å². The van der Waals surface area contributed by atoms with E-state index in [-0.39, 0.29) is 5.82 Å². The monoisotopic (exact) mass is 177 g/mol. The molecule has 0 bridgehead atoms. The van der Waals surface area contributed by atoms with Crippen molar-refractivity contribution in [3.05, 3.63) is 42.0 Å². The van der Waals surface area contributed by atoms with Crippen LogP contribution in [0, 0.1) is 12.7 Å². The van der Waals surface area contributed by atoms with Crippen molar-refractivity contribution in [2.24, 2.45) is 0 Å². The summed E-state index contributed by atoms with van der Waals surface area (Å²) in [7, 11) is 0. The van der Waals surface area contributed by atoms with Crippen LogP contribution < -0.4 is 0 Å². The van der Waals surface area contributed by atoms with Crippen LogP contribution in [0.4, 0.5) is 4.39 Å². The molecule has 3 heteroatoms. The van der Waals surface area contributed by atoms with Crippen LogP contribution in [0.25, 0.3) is 11.5 Å². The highest BCUT2D eigenvalue weighted by Crippen LogP contribution is 2.21. The quantitative estimate of drug-likeness (QED) is 0.669. The second-order valence-electron chi connectivity index (χ2n) is 2.76. The fourth-order valence-electron chi connectivity index (χ4n) is 1.11. The van der Waals surface area contributed by atoms with Gasteiger partial charge in [-0.15, -0.1) is 0 Å². The van der Waals surface area contributed by atoms with E-state index < -0.39 is 0 Å². The first kappa shape index (κ1) is 7.98. The van der Waals surface area contributed by atoms with E-state index in [9.17, 15) is 4.39 Å². The number of hydrogen-bond acceptors (Lipinski definition) is 2. The van der Waals surface area contributed by atoms with E-state index in [1.54, 1.807) is 31.3 Å². The number of rotatable bonds is 1. The molecule has 0 radical (unpaired) electrons. The van der Waals surface area contributed by atoms with Crippen molar-refractivity contribution < 1.29 is 8.81 Å². The first-order chi connectivity index (χ1) is 6.27. The van der Waals surface area contributed by atoms with Crippen LogP contribution >= 0.6 is 0 Å². The summed E-state index contributed by atoms with van der Waals surface area (Å²) in [5, 5.41) is 0. The Bertz CT molecular complexity index is 422. The van der Waals surface area contributed by atoms with Crippen molar-refractivity contribution >= 4 is 0 Å². The fraction of sp³-hybridized carbons (Fsp3) is 0.100. The van der Waals surface area contributed by atoms with Crippen molar-refractivity contribution in [3.63, 3.8) is 0 Å². The molecule has 1 aromatic carbocycles. The first-order valence-corrected chi connectivity index (χ1v) is 3.95. The zero-order valence-corrected chi connectivity index (χ0v) is 7.12. The largest absolute Gasteiger partial charge is 0.441 e. The van der Waals surface area contributed by atoms with E-state index in [1.807, 2.05) is 0 Å². The molecule has 0 spiro atoms. The zero-order valence-electron chi connectivity index (χ0n) is 7.12. The minimum absolute atomic E-state index is 0.315. The summed E-state index contributed by atoms with van der Waals surface area (Å²) in [5.74, 6) is 0.693. The summed E-state index contributed by atoms with van der Waals surface area (Å²) in [6.07, 6.45) is 1.57. The van der Waals surface area contributed by atoms with Crippen molar-refractivity contribution in [1.29, 1.82) is 0 Å². The van der Waals surface area contributed by atoms with Crippen LogP contribution in [-0.4, -0.2) is 4.98 Å². The van der Waals surface area contributed by atoms with Gasteiger partial charge in [-0.05, 0) is 19.1 Å². The maximum Gasteiger partial charge on any atom is 0.229 e. The van der Waals surface area contributed by atoms with Gasteiger partial charge in [0.15, 0.2) is 0 Å². The van der Waals surface area contributed by atoms with Gasteiger partial charge in [-0.3, -0.25) is 0 Å². The summed E-state index contributed by atoms with van der Waals surface area (Å²) in [6.45, 7) is 1.78. The van der Waals surface area contributed by atoms with E-state index >= 15 is 0 Å². The van der Waals surface area contributed by atoms with Crippen LogP contribution in [0.1, 0.15) is 5.76 Å². The normalized spacial score (nSPS) is 10.3. The standard InChI is InChI=1S/C10H8FNO/c1-7-6-12-10(13-7)8-4-2-3-5-9(8)11/h2-6H,1H3. The molecule has 0 N–H and O–H groups in total. The average molecular weight is 177 g/mol. The van der Waals surface area contributed by atoms with Gasteiger partial charge < -0.3 is 4.42 Å². The Labute approximate surface area is 75.0 Å². The summed E-state index contributed by atoms with van der Waals surface area (Å²) >= 11 is 0. The highest BCUT2D eigenvalue weighted by atomic mass is 19.1. The fourth-order valence-corrected chi connectivity index (χ4v) is 1.11. The van der Waals surface area contributed by atoms with Gasteiger partial charge in [0.05, 0.1) is 11.8 Å². The number of halogens is 1. The van der Waals surface area contributed by atoms with Crippen molar-refractivity contribution in [1.82, 2.24) is 4.98 Å². The number of aromatic nitrogens is 1. The molecule has 1 aromatic heterocycles. The molecule has 0 aliphatic heterocycles. The van der Waals surface area contributed by atoms with Crippen molar-refractivity contribution in [2.75, 3.05) is 0 Å². The molecular weight excluding hydrogens is 169 g/mol. The predicted molar refractivity (Wildman–Crippen MR) is 46.6 cm³/mol. The second kappa shape index (κ2) is 3.01. The molecule has 13 heavy (non-hydrogen) atoms. The molecule has 0 amide bonds. The summed E-state index contributed by atoms with van der Waals surface area (Å²) in [6, 6.07) is 6.40. The minimum atomic E-state index is -0.315. The van der Waals surface area contributed by atoms with Crippen LogP contribution in [0.15, 0.2) is 34.9 Å². The third-order valence-corrected chi connectivity index (χ3v) is 1.73. The Morgan fingerprint density at radius 2 is 2.08 bits per heavy atom. The maximum absolute atomic E-state index is 13.2. The Balaban J connectivity index is 2.52. The lowest BCUT2D eigenvalue weighted by molar-refractivity contribution is 0.534. The molecule has 0 saturated carbocycles. The Hall–Kier alpha value is -1.64. The van der Waals surface area contributed by atoms with E-state index in [1.165, 1.54) is 6.07 Å². The Morgan fingerprint density at radius 3 is 2.69 bits per heavy atom. The lowest BCUT2D eigenvalue weighted by Crippen LogP contribution is -1.82. The third kappa shape index (κ3) is 1.45. The highest BCUT2D eigenvalue weighted by molar-refractivity contribution is 5.53. The molecule has 2 nitrogen and oxygen atoms in total. The van der Waals surface area contributed by atoms with Gasteiger partial charge in [0.25, 0.3) is 0 Å². The summed E-state index contributed by atoms with van der Waals surface area (Å²) in [4.78, 5) is 3.94. The molecule has 0 saturated heterocycles. The van der Waals surface area contributed by atoms with Gasteiger partial charge in [-0.2, -0.15) is 0 Å². The smallest absolute Gasteiger partial charge is 0.229 e.